The summed E-state index contributed by atoms with van der Waals surface area (Å²) in [5.41, 5.74) is 1.21. The van der Waals surface area contributed by atoms with Crippen LogP contribution < -0.4 is 9.64 Å². The highest BCUT2D eigenvalue weighted by Crippen LogP contribution is 2.29. The van der Waals surface area contributed by atoms with Gasteiger partial charge in [0.25, 0.3) is 0 Å². The van der Waals surface area contributed by atoms with Gasteiger partial charge >= 0.3 is 0 Å². The average Bonchev–Trinajstić information content (AvgIpc) is 2.46. The lowest BCUT2D eigenvalue weighted by Crippen LogP contribution is -2.51. The molecule has 1 aromatic carbocycles. The summed E-state index contributed by atoms with van der Waals surface area (Å²) >= 11 is 0. The molecule has 1 heterocycles. The molecular formula is C16H22N2O2. The van der Waals surface area contributed by atoms with Crippen LogP contribution in [0.25, 0.3) is 0 Å². The monoisotopic (exact) mass is 274 g/mol. The van der Waals surface area contributed by atoms with Gasteiger partial charge in [0.2, 0.25) is 5.91 Å². The van der Waals surface area contributed by atoms with Crippen molar-refractivity contribution in [3.8, 4) is 5.75 Å². The number of methoxy groups -OCH3 is 1. The van der Waals surface area contributed by atoms with Crippen LogP contribution in [0, 0.1) is 5.92 Å². The predicted molar refractivity (Wildman–Crippen MR) is 79.1 cm³/mol. The third-order valence-electron chi connectivity index (χ3n) is 4.48. The van der Waals surface area contributed by atoms with Gasteiger partial charge in [-0.25, -0.2) is 0 Å². The van der Waals surface area contributed by atoms with E-state index in [4.69, 9.17) is 4.74 Å². The Morgan fingerprint density at radius 1 is 1.10 bits per heavy atom. The number of hydrogen-bond acceptors (Lipinski definition) is 3. The van der Waals surface area contributed by atoms with E-state index >= 15 is 0 Å². The van der Waals surface area contributed by atoms with Crippen molar-refractivity contribution in [1.82, 2.24) is 4.90 Å². The summed E-state index contributed by atoms with van der Waals surface area (Å²) in [7, 11) is 1.68. The molecule has 3 rings (SSSR count). The maximum absolute atomic E-state index is 12.2. The minimum Gasteiger partial charge on any atom is -0.497 e. The van der Waals surface area contributed by atoms with Crippen LogP contribution in [-0.4, -0.2) is 44.1 Å². The van der Waals surface area contributed by atoms with E-state index in [-0.39, 0.29) is 0 Å². The first-order chi connectivity index (χ1) is 9.78. The predicted octanol–water partition coefficient (Wildman–Crippen LogP) is 2.14. The summed E-state index contributed by atoms with van der Waals surface area (Å²) in [5, 5.41) is 0. The first-order valence-corrected chi connectivity index (χ1v) is 7.46. The van der Waals surface area contributed by atoms with Crippen molar-refractivity contribution >= 4 is 11.6 Å². The molecule has 0 bridgehead atoms. The van der Waals surface area contributed by atoms with Crippen molar-refractivity contribution in [3.63, 3.8) is 0 Å². The number of carbonyl (C=O) groups is 1. The van der Waals surface area contributed by atoms with Gasteiger partial charge in [-0.3, -0.25) is 4.79 Å². The van der Waals surface area contributed by atoms with Gasteiger partial charge in [0.1, 0.15) is 5.75 Å². The summed E-state index contributed by atoms with van der Waals surface area (Å²) in [6.07, 6.45) is 3.41. The van der Waals surface area contributed by atoms with Crippen LogP contribution in [0.2, 0.25) is 0 Å². The summed E-state index contributed by atoms with van der Waals surface area (Å²) in [4.78, 5) is 16.6. The number of hydrogen-bond donors (Lipinski definition) is 0. The number of amides is 1. The van der Waals surface area contributed by atoms with Crippen LogP contribution in [0.3, 0.4) is 0 Å². The van der Waals surface area contributed by atoms with Crippen LogP contribution in [0.5, 0.6) is 5.75 Å². The second-order valence-corrected chi connectivity index (χ2v) is 5.64. The fourth-order valence-corrected chi connectivity index (χ4v) is 2.89. The summed E-state index contributed by atoms with van der Waals surface area (Å²) < 4.78 is 5.18. The van der Waals surface area contributed by atoms with E-state index in [1.165, 1.54) is 12.1 Å². The van der Waals surface area contributed by atoms with Crippen molar-refractivity contribution in [3.05, 3.63) is 24.3 Å². The van der Waals surface area contributed by atoms with Gasteiger partial charge in [-0.1, -0.05) is 6.42 Å². The highest BCUT2D eigenvalue weighted by molar-refractivity contribution is 5.79. The molecular weight excluding hydrogens is 252 g/mol. The molecule has 1 aliphatic heterocycles. The maximum Gasteiger partial charge on any atom is 0.225 e. The van der Waals surface area contributed by atoms with E-state index in [1.807, 2.05) is 17.0 Å². The van der Waals surface area contributed by atoms with Crippen molar-refractivity contribution in [2.75, 3.05) is 38.2 Å². The zero-order valence-corrected chi connectivity index (χ0v) is 12.0. The van der Waals surface area contributed by atoms with E-state index in [9.17, 15) is 4.79 Å². The largest absolute Gasteiger partial charge is 0.497 e. The van der Waals surface area contributed by atoms with Crippen LogP contribution in [0.15, 0.2) is 24.3 Å². The highest BCUT2D eigenvalue weighted by Gasteiger charge is 2.31. The molecule has 2 aliphatic rings. The molecule has 108 valence electrons. The van der Waals surface area contributed by atoms with Gasteiger partial charge in [-0.2, -0.15) is 0 Å². The lowest BCUT2D eigenvalue weighted by molar-refractivity contribution is -0.138. The quantitative estimate of drug-likeness (QED) is 0.846. The number of ether oxygens (including phenoxy) is 1. The molecule has 0 spiro atoms. The number of carbonyl (C=O) groups excluding carboxylic acids is 1. The summed E-state index contributed by atoms with van der Waals surface area (Å²) in [6, 6.07) is 8.15. The molecule has 0 unspecified atom stereocenters. The first-order valence-electron chi connectivity index (χ1n) is 7.46. The number of anilines is 1. The van der Waals surface area contributed by atoms with Crippen LogP contribution in [0.4, 0.5) is 5.69 Å². The van der Waals surface area contributed by atoms with Crippen LogP contribution >= 0.6 is 0 Å². The molecule has 1 saturated heterocycles. The van der Waals surface area contributed by atoms with Crippen molar-refractivity contribution in [1.29, 1.82) is 0 Å². The molecule has 0 atom stereocenters. The second kappa shape index (κ2) is 5.73. The minimum absolute atomic E-state index is 0.322. The Hall–Kier alpha value is -1.71. The Balaban J connectivity index is 1.55. The number of benzene rings is 1. The Morgan fingerprint density at radius 3 is 2.25 bits per heavy atom. The molecule has 1 aliphatic carbocycles. The normalized spacial score (nSPS) is 19.6. The Bertz CT molecular complexity index is 460. The summed E-state index contributed by atoms with van der Waals surface area (Å²) in [5.74, 6) is 1.58. The van der Waals surface area contributed by atoms with Crippen molar-refractivity contribution in [2.45, 2.75) is 19.3 Å². The topological polar surface area (TPSA) is 32.8 Å². The van der Waals surface area contributed by atoms with Gasteiger partial charge in [0, 0.05) is 37.8 Å². The van der Waals surface area contributed by atoms with Gasteiger partial charge in [0.15, 0.2) is 0 Å². The van der Waals surface area contributed by atoms with E-state index < -0.39 is 0 Å². The molecule has 1 aromatic rings. The van der Waals surface area contributed by atoms with Crippen LogP contribution in [-0.2, 0) is 4.79 Å². The van der Waals surface area contributed by atoms with Crippen molar-refractivity contribution < 1.29 is 9.53 Å². The lowest BCUT2D eigenvalue weighted by atomic mass is 9.84. The molecule has 0 aromatic heterocycles. The molecule has 1 amide bonds. The van der Waals surface area contributed by atoms with Crippen molar-refractivity contribution in [2.24, 2.45) is 5.92 Å². The molecule has 4 nitrogen and oxygen atoms in total. The SMILES string of the molecule is COc1ccc(N2CCN(C(=O)C3CCC3)CC2)cc1. The standard InChI is InChI=1S/C16H22N2O2/c1-20-15-7-5-14(6-8-15)17-9-11-18(12-10-17)16(19)13-3-2-4-13/h5-8,13H,2-4,9-12H2,1H3. The summed E-state index contributed by atoms with van der Waals surface area (Å²) in [6.45, 7) is 3.54. The molecule has 2 fully saturated rings. The Morgan fingerprint density at radius 2 is 1.75 bits per heavy atom. The molecule has 4 heteroatoms. The van der Waals surface area contributed by atoms with Gasteiger partial charge in [-0.15, -0.1) is 0 Å². The van der Waals surface area contributed by atoms with E-state index in [0.717, 1.165) is 44.8 Å². The average molecular weight is 274 g/mol. The van der Waals surface area contributed by atoms with Gasteiger partial charge < -0.3 is 14.5 Å². The maximum atomic E-state index is 12.2. The smallest absolute Gasteiger partial charge is 0.225 e. The second-order valence-electron chi connectivity index (χ2n) is 5.64. The lowest BCUT2D eigenvalue weighted by Gasteiger charge is -2.39. The highest BCUT2D eigenvalue weighted by atomic mass is 16.5. The number of rotatable bonds is 3. The van der Waals surface area contributed by atoms with E-state index in [0.29, 0.717) is 11.8 Å². The Kier molecular flexibility index (Phi) is 3.81. The van der Waals surface area contributed by atoms with E-state index in [2.05, 4.69) is 17.0 Å². The fourth-order valence-electron chi connectivity index (χ4n) is 2.89. The van der Waals surface area contributed by atoms with Gasteiger partial charge in [-0.05, 0) is 37.1 Å². The Labute approximate surface area is 120 Å². The molecule has 0 N–H and O–H groups in total. The minimum atomic E-state index is 0.322. The van der Waals surface area contributed by atoms with Gasteiger partial charge in [0.05, 0.1) is 7.11 Å². The third kappa shape index (κ3) is 2.60. The zero-order chi connectivity index (χ0) is 13.9. The van der Waals surface area contributed by atoms with E-state index in [1.54, 1.807) is 7.11 Å². The first kappa shape index (κ1) is 13.3. The number of nitrogens with zero attached hydrogens (tertiary/aromatic N) is 2. The molecule has 0 radical (unpaired) electrons. The zero-order valence-electron chi connectivity index (χ0n) is 12.0. The third-order valence-corrected chi connectivity index (χ3v) is 4.48. The number of piperazine rings is 1. The van der Waals surface area contributed by atoms with Crippen LogP contribution in [0.1, 0.15) is 19.3 Å². The fraction of sp³-hybridized carbons (Fsp3) is 0.562. The molecule has 20 heavy (non-hydrogen) atoms. The molecule has 1 saturated carbocycles.